The number of halogens is 1. The van der Waals surface area contributed by atoms with Crippen LogP contribution in [-0.2, 0) is 0 Å². The highest BCUT2D eigenvalue weighted by Gasteiger charge is 2.13. The van der Waals surface area contributed by atoms with Gasteiger partial charge in [0.25, 0.3) is 0 Å². The lowest BCUT2D eigenvalue weighted by molar-refractivity contribution is 0.415. The van der Waals surface area contributed by atoms with Crippen molar-refractivity contribution in [2.75, 3.05) is 19.1 Å². The van der Waals surface area contributed by atoms with Gasteiger partial charge in [0.2, 0.25) is 0 Å². The highest BCUT2D eigenvalue weighted by atomic mass is 79.9. The number of benzene rings is 1. The topological polar surface area (TPSA) is 49.1 Å². The minimum Gasteiger partial charge on any atom is -0.495 e. The number of nitriles is 1. The average Bonchev–Trinajstić information content (AvgIpc) is 2.86. The third-order valence-corrected chi connectivity index (χ3v) is 3.86. The van der Waals surface area contributed by atoms with E-state index >= 15 is 0 Å². The van der Waals surface area contributed by atoms with E-state index in [-0.39, 0.29) is 0 Å². The molecule has 0 aliphatic heterocycles. The first kappa shape index (κ1) is 12.9. The summed E-state index contributed by atoms with van der Waals surface area (Å²) in [5, 5.41) is 9.57. The minimum absolute atomic E-state index is 0.589. The fourth-order valence-corrected chi connectivity index (χ4v) is 2.54. The number of thiazole rings is 1. The van der Waals surface area contributed by atoms with Crippen LogP contribution in [-0.4, -0.2) is 19.1 Å². The standard InChI is InChI=1S/C12H10BrN3OS/c1-16(12-15-7-9(6-14)18-12)10-5-8(13)3-4-11(10)17-2/h3-5,7H,1-2H3. The maximum absolute atomic E-state index is 8.82. The summed E-state index contributed by atoms with van der Waals surface area (Å²) in [4.78, 5) is 6.71. The van der Waals surface area contributed by atoms with Gasteiger partial charge >= 0.3 is 0 Å². The van der Waals surface area contributed by atoms with Gasteiger partial charge in [-0.15, -0.1) is 0 Å². The highest BCUT2D eigenvalue weighted by Crippen LogP contribution is 2.36. The number of methoxy groups -OCH3 is 1. The molecular weight excluding hydrogens is 314 g/mol. The first-order valence-corrected chi connectivity index (χ1v) is 6.70. The molecule has 0 aliphatic rings. The average molecular weight is 324 g/mol. The van der Waals surface area contributed by atoms with Crippen LogP contribution in [0.1, 0.15) is 4.88 Å². The lowest BCUT2D eigenvalue weighted by Crippen LogP contribution is -2.10. The van der Waals surface area contributed by atoms with E-state index in [9.17, 15) is 0 Å². The van der Waals surface area contributed by atoms with E-state index in [2.05, 4.69) is 27.0 Å². The van der Waals surface area contributed by atoms with Crippen LogP contribution in [0.15, 0.2) is 28.9 Å². The molecule has 1 aromatic carbocycles. The Balaban J connectivity index is 2.41. The smallest absolute Gasteiger partial charge is 0.190 e. The Hall–Kier alpha value is -1.58. The van der Waals surface area contributed by atoms with Crippen LogP contribution in [0.2, 0.25) is 0 Å². The Morgan fingerprint density at radius 1 is 1.50 bits per heavy atom. The van der Waals surface area contributed by atoms with Crippen molar-refractivity contribution >= 4 is 38.1 Å². The number of aromatic nitrogens is 1. The van der Waals surface area contributed by atoms with Crippen molar-refractivity contribution in [2.45, 2.75) is 0 Å². The number of nitrogens with zero attached hydrogens (tertiary/aromatic N) is 3. The molecule has 1 heterocycles. The molecule has 0 aliphatic carbocycles. The van der Waals surface area contributed by atoms with Crippen molar-refractivity contribution in [2.24, 2.45) is 0 Å². The predicted octanol–water partition coefficient (Wildman–Crippen LogP) is 3.55. The summed E-state index contributed by atoms with van der Waals surface area (Å²) >= 11 is 4.78. The zero-order valence-corrected chi connectivity index (χ0v) is 12.2. The normalized spacial score (nSPS) is 9.89. The maximum Gasteiger partial charge on any atom is 0.190 e. The van der Waals surface area contributed by atoms with Crippen molar-refractivity contribution in [3.05, 3.63) is 33.7 Å². The van der Waals surface area contributed by atoms with Crippen LogP contribution in [0.3, 0.4) is 0 Å². The molecule has 0 N–H and O–H groups in total. The van der Waals surface area contributed by atoms with E-state index in [1.54, 1.807) is 13.3 Å². The SMILES string of the molecule is COc1ccc(Br)cc1N(C)c1ncc(C#N)s1. The van der Waals surface area contributed by atoms with Gasteiger partial charge < -0.3 is 9.64 Å². The second kappa shape index (κ2) is 5.38. The fourth-order valence-electron chi connectivity index (χ4n) is 1.50. The summed E-state index contributed by atoms with van der Waals surface area (Å²) in [6.45, 7) is 0. The third-order valence-electron chi connectivity index (χ3n) is 2.39. The molecule has 0 radical (unpaired) electrons. The third kappa shape index (κ3) is 2.47. The summed E-state index contributed by atoms with van der Waals surface area (Å²) in [6, 6.07) is 7.83. The van der Waals surface area contributed by atoms with Crippen LogP contribution in [0.5, 0.6) is 5.75 Å². The molecule has 0 saturated carbocycles. The first-order valence-electron chi connectivity index (χ1n) is 5.09. The molecule has 6 heteroatoms. The van der Waals surface area contributed by atoms with Gasteiger partial charge in [0.15, 0.2) is 5.13 Å². The van der Waals surface area contributed by atoms with Gasteiger partial charge in [0, 0.05) is 11.5 Å². The number of ether oxygens (including phenoxy) is 1. The summed E-state index contributed by atoms with van der Waals surface area (Å²) in [5.74, 6) is 0.759. The Kier molecular flexibility index (Phi) is 3.84. The Morgan fingerprint density at radius 3 is 2.89 bits per heavy atom. The van der Waals surface area contributed by atoms with E-state index in [1.807, 2.05) is 30.1 Å². The number of hydrogen-bond acceptors (Lipinski definition) is 5. The highest BCUT2D eigenvalue weighted by molar-refractivity contribution is 9.10. The molecular formula is C12H10BrN3OS. The van der Waals surface area contributed by atoms with E-state index in [4.69, 9.17) is 10.00 Å². The largest absolute Gasteiger partial charge is 0.495 e. The Morgan fingerprint density at radius 2 is 2.28 bits per heavy atom. The fraction of sp³-hybridized carbons (Fsp3) is 0.167. The second-order valence-electron chi connectivity index (χ2n) is 3.49. The number of rotatable bonds is 3. The number of hydrogen-bond donors (Lipinski definition) is 0. The van der Waals surface area contributed by atoms with E-state index in [0.717, 1.165) is 21.0 Å². The monoisotopic (exact) mass is 323 g/mol. The summed E-state index contributed by atoms with van der Waals surface area (Å²) < 4.78 is 6.29. The molecule has 4 nitrogen and oxygen atoms in total. The molecule has 2 rings (SSSR count). The molecule has 0 unspecified atom stereocenters. The van der Waals surface area contributed by atoms with Gasteiger partial charge in [0.1, 0.15) is 16.7 Å². The lowest BCUT2D eigenvalue weighted by atomic mass is 10.3. The molecule has 0 bridgehead atoms. The second-order valence-corrected chi connectivity index (χ2v) is 5.42. The Bertz CT molecular complexity index is 606. The van der Waals surface area contributed by atoms with Crippen LogP contribution in [0.4, 0.5) is 10.8 Å². The van der Waals surface area contributed by atoms with Gasteiger partial charge in [-0.3, -0.25) is 0 Å². The van der Waals surface area contributed by atoms with Gasteiger partial charge in [-0.2, -0.15) is 5.26 Å². The zero-order chi connectivity index (χ0) is 13.1. The summed E-state index contributed by atoms with van der Waals surface area (Å²) in [7, 11) is 3.52. The van der Waals surface area contributed by atoms with E-state index < -0.39 is 0 Å². The van der Waals surface area contributed by atoms with Crippen LogP contribution in [0.25, 0.3) is 0 Å². The van der Waals surface area contributed by atoms with Crippen molar-refractivity contribution in [3.63, 3.8) is 0 Å². The molecule has 0 spiro atoms. The Labute approximate surface area is 118 Å². The molecule has 0 fully saturated rings. The number of anilines is 2. The van der Waals surface area contributed by atoms with Crippen LogP contribution < -0.4 is 9.64 Å². The molecule has 0 atom stereocenters. The lowest BCUT2D eigenvalue weighted by Gasteiger charge is -2.19. The maximum atomic E-state index is 8.82. The van der Waals surface area contributed by atoms with Crippen LogP contribution in [0, 0.1) is 11.3 Å². The zero-order valence-electron chi connectivity index (χ0n) is 9.85. The van der Waals surface area contributed by atoms with E-state index in [1.165, 1.54) is 11.3 Å². The van der Waals surface area contributed by atoms with E-state index in [0.29, 0.717) is 4.88 Å². The quantitative estimate of drug-likeness (QED) is 0.866. The van der Waals surface area contributed by atoms with Crippen molar-refractivity contribution in [3.8, 4) is 11.8 Å². The van der Waals surface area contributed by atoms with Crippen molar-refractivity contribution in [1.82, 2.24) is 4.98 Å². The minimum atomic E-state index is 0.589. The summed E-state index contributed by atoms with van der Waals surface area (Å²) in [5.41, 5.74) is 0.894. The van der Waals surface area contributed by atoms with Crippen molar-refractivity contribution < 1.29 is 4.74 Å². The molecule has 2 aromatic rings. The van der Waals surface area contributed by atoms with Crippen LogP contribution >= 0.6 is 27.3 Å². The van der Waals surface area contributed by atoms with Gasteiger partial charge in [0.05, 0.1) is 19.0 Å². The van der Waals surface area contributed by atoms with Gasteiger partial charge in [-0.25, -0.2) is 4.98 Å². The summed E-state index contributed by atoms with van der Waals surface area (Å²) in [6.07, 6.45) is 1.57. The molecule has 18 heavy (non-hydrogen) atoms. The molecule has 92 valence electrons. The van der Waals surface area contributed by atoms with Gasteiger partial charge in [-0.05, 0) is 18.2 Å². The molecule has 0 amide bonds. The molecule has 0 saturated heterocycles. The van der Waals surface area contributed by atoms with Crippen molar-refractivity contribution in [1.29, 1.82) is 5.26 Å². The predicted molar refractivity (Wildman–Crippen MR) is 75.6 cm³/mol. The molecule has 1 aromatic heterocycles. The van der Waals surface area contributed by atoms with Gasteiger partial charge in [-0.1, -0.05) is 27.3 Å². The first-order chi connectivity index (χ1) is 8.65.